The van der Waals surface area contributed by atoms with Crippen molar-refractivity contribution in [3.05, 3.63) is 0 Å². The molecule has 0 heterocycles. The smallest absolute Gasteiger partial charge is 0.0328 e. The third kappa shape index (κ3) is 3.03. The Hall–Kier alpha value is -0.0800. The molecule has 2 aliphatic carbocycles. The fraction of sp³-hybridized carbons (Fsp3) is 1.00. The molecule has 0 aromatic heterocycles. The fourth-order valence-corrected chi connectivity index (χ4v) is 3.30. The Morgan fingerprint density at radius 3 is 2.06 bits per heavy atom. The normalized spacial score (nSPS) is 28.1. The van der Waals surface area contributed by atoms with Gasteiger partial charge in [0, 0.05) is 18.1 Å². The van der Waals surface area contributed by atoms with Gasteiger partial charge in [-0.2, -0.15) is 0 Å². The predicted molar refractivity (Wildman–Crippen MR) is 74.3 cm³/mol. The molecule has 0 aliphatic heterocycles. The van der Waals surface area contributed by atoms with Gasteiger partial charge in [0.25, 0.3) is 0 Å². The van der Waals surface area contributed by atoms with Crippen molar-refractivity contribution in [1.29, 1.82) is 0 Å². The summed E-state index contributed by atoms with van der Waals surface area (Å²) < 4.78 is 0. The van der Waals surface area contributed by atoms with Crippen LogP contribution in [0.25, 0.3) is 0 Å². The van der Waals surface area contributed by atoms with Crippen LogP contribution in [0.15, 0.2) is 0 Å². The molecule has 2 fully saturated rings. The Labute approximate surface area is 107 Å². The van der Waals surface area contributed by atoms with E-state index >= 15 is 0 Å². The number of rotatable bonds is 4. The van der Waals surface area contributed by atoms with Crippen molar-refractivity contribution in [3.8, 4) is 0 Å². The molecular formula is C15H30N2. The minimum absolute atomic E-state index is 0.479. The summed E-state index contributed by atoms with van der Waals surface area (Å²) in [4.78, 5) is 2.44. The molecule has 100 valence electrons. The summed E-state index contributed by atoms with van der Waals surface area (Å²) in [6.45, 7) is 6.03. The quantitative estimate of drug-likeness (QED) is 0.810. The first-order valence-corrected chi connectivity index (χ1v) is 7.34. The molecule has 0 bridgehead atoms. The van der Waals surface area contributed by atoms with Gasteiger partial charge >= 0.3 is 0 Å². The van der Waals surface area contributed by atoms with Crippen LogP contribution >= 0.6 is 0 Å². The van der Waals surface area contributed by atoms with Crippen LogP contribution in [-0.2, 0) is 0 Å². The van der Waals surface area contributed by atoms with Gasteiger partial charge in [0.05, 0.1) is 0 Å². The van der Waals surface area contributed by atoms with Gasteiger partial charge in [0.2, 0.25) is 0 Å². The Kier molecular flexibility index (Phi) is 3.84. The van der Waals surface area contributed by atoms with E-state index < -0.39 is 0 Å². The number of hydrogen-bond acceptors (Lipinski definition) is 2. The summed E-state index contributed by atoms with van der Waals surface area (Å²) in [5.74, 6) is 0. The van der Waals surface area contributed by atoms with E-state index in [1.165, 1.54) is 51.5 Å². The maximum atomic E-state index is 3.84. The van der Waals surface area contributed by atoms with Crippen LogP contribution < -0.4 is 5.32 Å². The maximum absolute atomic E-state index is 3.84. The summed E-state index contributed by atoms with van der Waals surface area (Å²) in [5.41, 5.74) is 1.07. The van der Waals surface area contributed by atoms with E-state index in [-0.39, 0.29) is 0 Å². The van der Waals surface area contributed by atoms with Crippen molar-refractivity contribution in [2.75, 3.05) is 20.6 Å². The van der Waals surface area contributed by atoms with Crippen molar-refractivity contribution in [2.24, 2.45) is 5.41 Å². The SMILES string of the molecule is CN(C)C1(CNC2CCC(C)(C)CC2)CCC1. The summed E-state index contributed by atoms with van der Waals surface area (Å²) in [6, 6.07) is 0.778. The van der Waals surface area contributed by atoms with E-state index in [0.717, 1.165) is 6.04 Å². The van der Waals surface area contributed by atoms with Gasteiger partial charge in [-0.15, -0.1) is 0 Å². The van der Waals surface area contributed by atoms with Gasteiger partial charge in [0.15, 0.2) is 0 Å². The third-order valence-electron chi connectivity index (χ3n) is 5.29. The number of nitrogens with one attached hydrogen (secondary N) is 1. The highest BCUT2D eigenvalue weighted by molar-refractivity contribution is 4.98. The second-order valence-corrected chi connectivity index (χ2v) is 7.29. The van der Waals surface area contributed by atoms with Crippen LogP contribution in [0.3, 0.4) is 0 Å². The van der Waals surface area contributed by atoms with E-state index in [1.54, 1.807) is 0 Å². The van der Waals surface area contributed by atoms with Crippen molar-refractivity contribution in [3.63, 3.8) is 0 Å². The highest BCUT2D eigenvalue weighted by Gasteiger charge is 2.39. The van der Waals surface area contributed by atoms with Crippen LogP contribution in [0, 0.1) is 5.41 Å². The van der Waals surface area contributed by atoms with E-state index in [9.17, 15) is 0 Å². The van der Waals surface area contributed by atoms with E-state index in [0.29, 0.717) is 11.0 Å². The molecule has 1 N–H and O–H groups in total. The molecule has 2 aliphatic rings. The van der Waals surface area contributed by atoms with Crippen LogP contribution in [0.5, 0.6) is 0 Å². The summed E-state index contributed by atoms with van der Waals surface area (Å²) >= 11 is 0. The lowest BCUT2D eigenvalue weighted by Gasteiger charge is -2.48. The predicted octanol–water partition coefficient (Wildman–Crippen LogP) is 3.03. The molecule has 2 rings (SSSR count). The Morgan fingerprint density at radius 1 is 1.06 bits per heavy atom. The maximum Gasteiger partial charge on any atom is 0.0328 e. The molecule has 0 amide bonds. The minimum Gasteiger partial charge on any atom is -0.312 e. The van der Waals surface area contributed by atoms with Crippen LogP contribution in [0.2, 0.25) is 0 Å². The minimum atomic E-state index is 0.479. The number of hydrogen-bond donors (Lipinski definition) is 1. The molecule has 0 atom stereocenters. The van der Waals surface area contributed by atoms with Gasteiger partial charge in [-0.25, -0.2) is 0 Å². The first-order valence-electron chi connectivity index (χ1n) is 7.34. The van der Waals surface area contributed by atoms with E-state index in [4.69, 9.17) is 0 Å². The number of likely N-dealkylation sites (N-methyl/N-ethyl adjacent to an activating group) is 1. The topological polar surface area (TPSA) is 15.3 Å². The molecule has 17 heavy (non-hydrogen) atoms. The van der Waals surface area contributed by atoms with Gasteiger partial charge in [0.1, 0.15) is 0 Å². The first-order chi connectivity index (χ1) is 7.94. The molecule has 0 saturated heterocycles. The van der Waals surface area contributed by atoms with Crippen molar-refractivity contribution < 1.29 is 0 Å². The molecular weight excluding hydrogens is 208 g/mol. The van der Waals surface area contributed by atoms with Gasteiger partial charge < -0.3 is 10.2 Å². The van der Waals surface area contributed by atoms with Crippen LogP contribution in [-0.4, -0.2) is 37.1 Å². The highest BCUT2D eigenvalue weighted by atomic mass is 15.2. The molecule has 0 aromatic rings. The largest absolute Gasteiger partial charge is 0.312 e. The number of nitrogens with zero attached hydrogens (tertiary/aromatic N) is 1. The second-order valence-electron chi connectivity index (χ2n) is 7.29. The molecule has 0 aromatic carbocycles. The van der Waals surface area contributed by atoms with Gasteiger partial charge in [-0.3, -0.25) is 0 Å². The van der Waals surface area contributed by atoms with Gasteiger partial charge in [-0.05, 0) is 64.5 Å². The lowest BCUT2D eigenvalue weighted by atomic mass is 9.73. The lowest BCUT2D eigenvalue weighted by molar-refractivity contribution is 0.0533. The monoisotopic (exact) mass is 238 g/mol. The standard InChI is InChI=1S/C15H30N2/c1-14(2)10-6-13(7-11-14)16-12-15(17(3)4)8-5-9-15/h13,16H,5-12H2,1-4H3. The van der Waals surface area contributed by atoms with Crippen molar-refractivity contribution in [2.45, 2.75) is 70.4 Å². The lowest BCUT2D eigenvalue weighted by Crippen LogP contribution is -2.58. The average molecular weight is 238 g/mol. The fourth-order valence-electron chi connectivity index (χ4n) is 3.30. The van der Waals surface area contributed by atoms with Crippen molar-refractivity contribution in [1.82, 2.24) is 10.2 Å². The van der Waals surface area contributed by atoms with Crippen LogP contribution in [0.1, 0.15) is 58.8 Å². The molecule has 0 spiro atoms. The Balaban J connectivity index is 1.75. The molecule has 0 unspecified atom stereocenters. The van der Waals surface area contributed by atoms with Crippen LogP contribution in [0.4, 0.5) is 0 Å². The Morgan fingerprint density at radius 2 is 1.65 bits per heavy atom. The van der Waals surface area contributed by atoms with E-state index in [2.05, 4.69) is 38.2 Å². The average Bonchev–Trinajstić information content (AvgIpc) is 2.18. The molecule has 2 nitrogen and oxygen atoms in total. The van der Waals surface area contributed by atoms with Crippen molar-refractivity contribution >= 4 is 0 Å². The zero-order chi connectivity index (χ0) is 12.5. The summed E-state index contributed by atoms with van der Waals surface area (Å²) in [6.07, 6.45) is 9.69. The third-order valence-corrected chi connectivity index (χ3v) is 5.29. The second kappa shape index (κ2) is 4.89. The first kappa shape index (κ1) is 13.4. The molecule has 0 radical (unpaired) electrons. The van der Waals surface area contributed by atoms with Gasteiger partial charge in [-0.1, -0.05) is 13.8 Å². The zero-order valence-corrected chi connectivity index (χ0v) is 12.2. The van der Waals surface area contributed by atoms with E-state index in [1.807, 2.05) is 0 Å². The molecule has 2 heteroatoms. The Bertz CT molecular complexity index is 244. The summed E-state index contributed by atoms with van der Waals surface area (Å²) in [5, 5.41) is 3.84. The summed E-state index contributed by atoms with van der Waals surface area (Å²) in [7, 11) is 4.48. The highest BCUT2D eigenvalue weighted by Crippen LogP contribution is 2.37. The zero-order valence-electron chi connectivity index (χ0n) is 12.2. The molecule has 2 saturated carbocycles.